The van der Waals surface area contributed by atoms with Crippen molar-refractivity contribution in [2.24, 2.45) is 0 Å². The zero-order chi connectivity index (χ0) is 35.2. The summed E-state index contributed by atoms with van der Waals surface area (Å²) in [7, 11) is 3.23. The van der Waals surface area contributed by atoms with E-state index in [2.05, 4.69) is 46.5 Å². The normalized spacial score (nSPS) is 10.7. The monoisotopic (exact) mass is 680 g/mol. The van der Waals surface area contributed by atoms with E-state index in [0.29, 0.717) is 35.0 Å². The Bertz CT molecular complexity index is 2230. The summed E-state index contributed by atoms with van der Waals surface area (Å²) in [5.41, 5.74) is 3.59. The average molecular weight is 681 g/mol. The zero-order valence-electron chi connectivity index (χ0n) is 27.8. The third-order valence-electron chi connectivity index (χ3n) is 7.74. The number of nitrogens with zero attached hydrogens (tertiary/aromatic N) is 6. The fourth-order valence-electron chi connectivity index (χ4n) is 5.12. The second kappa shape index (κ2) is 14.5. The van der Waals surface area contributed by atoms with Crippen molar-refractivity contribution < 1.29 is 19.0 Å². The minimum Gasteiger partial charge on any atom is -0.497 e. The van der Waals surface area contributed by atoms with Gasteiger partial charge in [-0.25, -0.2) is 9.48 Å². The Hall–Kier alpha value is -7.22. The molecular formula is C37H32N10O4. The predicted molar refractivity (Wildman–Crippen MR) is 195 cm³/mol. The highest BCUT2D eigenvalue weighted by molar-refractivity contribution is 5.88. The van der Waals surface area contributed by atoms with Crippen LogP contribution in [0.15, 0.2) is 115 Å². The van der Waals surface area contributed by atoms with E-state index in [1.54, 1.807) is 31.9 Å². The Morgan fingerprint density at radius 3 is 1.63 bits per heavy atom. The highest BCUT2D eigenvalue weighted by Crippen LogP contribution is 2.25. The van der Waals surface area contributed by atoms with E-state index in [9.17, 15) is 4.79 Å². The molecule has 14 nitrogen and oxygen atoms in total. The fraction of sp³-hybridized carbons (Fsp3) is 0.0811. The molecule has 0 spiro atoms. The van der Waals surface area contributed by atoms with Gasteiger partial charge in [-0.3, -0.25) is 5.32 Å². The Morgan fingerprint density at radius 1 is 0.608 bits per heavy atom. The average Bonchev–Trinajstić information content (AvgIpc) is 3.51. The van der Waals surface area contributed by atoms with Crippen molar-refractivity contribution in [3.8, 4) is 22.9 Å². The van der Waals surface area contributed by atoms with Crippen molar-refractivity contribution in [1.82, 2.24) is 29.9 Å². The summed E-state index contributed by atoms with van der Waals surface area (Å²) in [6.45, 7) is 1.80. The highest BCUT2D eigenvalue weighted by Gasteiger charge is 2.15. The largest absolute Gasteiger partial charge is 0.497 e. The second-order valence-electron chi connectivity index (χ2n) is 11.1. The third kappa shape index (κ3) is 7.76. The molecule has 2 aromatic heterocycles. The van der Waals surface area contributed by atoms with Gasteiger partial charge in [0.05, 0.1) is 25.6 Å². The molecule has 0 aliphatic rings. The first kappa shape index (κ1) is 32.3. The molecule has 254 valence electrons. The summed E-state index contributed by atoms with van der Waals surface area (Å²) in [6, 6.07) is 35.5. The van der Waals surface area contributed by atoms with Crippen molar-refractivity contribution >= 4 is 57.6 Å². The fourth-order valence-corrected chi connectivity index (χ4v) is 5.12. The smallest absolute Gasteiger partial charge is 0.418 e. The van der Waals surface area contributed by atoms with Gasteiger partial charge in [0.25, 0.3) is 0 Å². The number of amides is 1. The lowest BCUT2D eigenvalue weighted by molar-refractivity contribution is 0.215. The van der Waals surface area contributed by atoms with Crippen LogP contribution in [-0.2, 0) is 0 Å². The molecule has 1 amide bonds. The molecular weight excluding hydrogens is 648 g/mol. The molecule has 0 atom stereocenters. The van der Waals surface area contributed by atoms with Gasteiger partial charge >= 0.3 is 6.09 Å². The first-order valence-electron chi connectivity index (χ1n) is 15.8. The van der Waals surface area contributed by atoms with Gasteiger partial charge in [0.2, 0.25) is 17.8 Å². The van der Waals surface area contributed by atoms with Crippen LogP contribution >= 0.6 is 0 Å². The number of aromatic nitrogens is 6. The first-order chi connectivity index (χ1) is 24.9. The van der Waals surface area contributed by atoms with Crippen LogP contribution in [0.4, 0.5) is 45.5 Å². The minimum absolute atomic E-state index is 0.280. The van der Waals surface area contributed by atoms with Gasteiger partial charge in [-0.15, -0.1) is 5.10 Å². The maximum atomic E-state index is 12.7. The number of methoxy groups -OCH3 is 2. The number of hydrogen-bond acceptors (Lipinski definition) is 12. The molecule has 2 heterocycles. The van der Waals surface area contributed by atoms with Gasteiger partial charge in [0, 0.05) is 17.1 Å². The quantitative estimate of drug-likeness (QED) is 0.105. The summed E-state index contributed by atoms with van der Waals surface area (Å²) in [5, 5.41) is 22.8. The molecule has 14 heteroatoms. The second-order valence-corrected chi connectivity index (χ2v) is 11.1. The molecule has 0 saturated heterocycles. The van der Waals surface area contributed by atoms with Crippen LogP contribution in [0.25, 0.3) is 16.5 Å². The molecule has 7 aromatic rings. The number of ether oxygens (including phenoxy) is 3. The summed E-state index contributed by atoms with van der Waals surface area (Å²) < 4.78 is 17.7. The molecule has 0 radical (unpaired) electrons. The van der Waals surface area contributed by atoms with Gasteiger partial charge < -0.3 is 30.2 Å². The molecule has 7 rings (SSSR count). The van der Waals surface area contributed by atoms with Gasteiger partial charge in [0.15, 0.2) is 5.82 Å². The van der Waals surface area contributed by atoms with E-state index in [1.807, 2.05) is 109 Å². The number of nitrogens with one attached hydrogen (secondary N) is 4. The van der Waals surface area contributed by atoms with Crippen molar-refractivity contribution in [3.05, 3.63) is 121 Å². The van der Waals surface area contributed by atoms with Crippen molar-refractivity contribution in [2.75, 3.05) is 35.5 Å². The number of fused-ring (bicyclic) bond motifs is 1. The van der Waals surface area contributed by atoms with Crippen LogP contribution in [0.3, 0.4) is 0 Å². The number of hydrogen-bond donors (Lipinski definition) is 4. The van der Waals surface area contributed by atoms with Crippen LogP contribution in [0.5, 0.6) is 17.2 Å². The van der Waals surface area contributed by atoms with Gasteiger partial charge in [-0.05, 0) is 103 Å². The van der Waals surface area contributed by atoms with Crippen LogP contribution < -0.4 is 35.5 Å². The summed E-state index contributed by atoms with van der Waals surface area (Å²) in [6.07, 6.45) is -0.668. The van der Waals surface area contributed by atoms with Crippen LogP contribution in [0.2, 0.25) is 0 Å². The summed E-state index contributed by atoms with van der Waals surface area (Å²) in [5.74, 6) is 3.11. The first-order valence-corrected chi connectivity index (χ1v) is 15.8. The van der Waals surface area contributed by atoms with Gasteiger partial charge in [-0.1, -0.05) is 35.5 Å². The molecule has 0 bridgehead atoms. The third-order valence-corrected chi connectivity index (χ3v) is 7.74. The lowest BCUT2D eigenvalue weighted by atomic mass is 10.1. The summed E-state index contributed by atoms with van der Waals surface area (Å²) >= 11 is 0. The van der Waals surface area contributed by atoms with Crippen molar-refractivity contribution in [3.63, 3.8) is 0 Å². The molecule has 5 aromatic carbocycles. The predicted octanol–water partition coefficient (Wildman–Crippen LogP) is 7.77. The van der Waals surface area contributed by atoms with E-state index >= 15 is 0 Å². The molecule has 4 N–H and O–H groups in total. The maximum Gasteiger partial charge on any atom is 0.418 e. The Kier molecular flexibility index (Phi) is 9.19. The number of rotatable bonds is 11. The SMILES string of the molecule is COc1ccc(Nc2nc(Nc3ccc(OC)cc3)nc(Nc3ccc(-n4nnc(NC(=O)Oc5ccc6ccccc6c5)c4C)cc3)n2)cc1. The van der Waals surface area contributed by atoms with E-state index in [0.717, 1.165) is 39.3 Å². The highest BCUT2D eigenvalue weighted by atomic mass is 16.6. The number of anilines is 7. The van der Waals surface area contributed by atoms with E-state index in [4.69, 9.17) is 14.2 Å². The van der Waals surface area contributed by atoms with Crippen LogP contribution in [-0.4, -0.2) is 50.3 Å². The molecule has 0 fully saturated rings. The minimum atomic E-state index is -0.668. The number of carbonyl (C=O) groups excluding carboxylic acids is 1. The molecule has 0 unspecified atom stereocenters. The summed E-state index contributed by atoms with van der Waals surface area (Å²) in [4.78, 5) is 26.4. The van der Waals surface area contributed by atoms with Gasteiger partial charge in [0.1, 0.15) is 17.2 Å². The van der Waals surface area contributed by atoms with Crippen molar-refractivity contribution in [1.29, 1.82) is 0 Å². The molecule has 0 aliphatic heterocycles. The van der Waals surface area contributed by atoms with Crippen LogP contribution in [0.1, 0.15) is 5.69 Å². The number of benzene rings is 5. The van der Waals surface area contributed by atoms with E-state index in [-0.39, 0.29) is 5.82 Å². The molecule has 51 heavy (non-hydrogen) atoms. The Balaban J connectivity index is 1.06. The lowest BCUT2D eigenvalue weighted by Gasteiger charge is -2.12. The molecule has 0 saturated carbocycles. The maximum absolute atomic E-state index is 12.7. The van der Waals surface area contributed by atoms with Crippen LogP contribution in [0, 0.1) is 6.92 Å². The van der Waals surface area contributed by atoms with Gasteiger partial charge in [-0.2, -0.15) is 15.0 Å². The molecule has 0 aliphatic carbocycles. The Morgan fingerprint density at radius 2 is 1.10 bits per heavy atom. The van der Waals surface area contributed by atoms with E-state index in [1.165, 1.54) is 0 Å². The topological polar surface area (TPSA) is 162 Å². The van der Waals surface area contributed by atoms with E-state index < -0.39 is 6.09 Å². The van der Waals surface area contributed by atoms with Crippen molar-refractivity contribution in [2.45, 2.75) is 6.92 Å². The number of carbonyl (C=O) groups is 1. The Labute approximate surface area is 292 Å². The zero-order valence-corrected chi connectivity index (χ0v) is 27.8. The standard InChI is InChI=1S/C37H32N10O4/c1-23-33(41-37(48)51-32-17-8-24-6-4-5-7-25(24)22-32)45-46-47(23)29-15-9-26(10-16-29)38-34-42-35(39-27-11-18-30(49-2)19-12-27)44-36(43-34)40-28-13-20-31(50-3)21-14-28/h4-22H,1-3H3,(H,41,48)(H3,38,39,40,42,43,44). The lowest BCUT2D eigenvalue weighted by Crippen LogP contribution is -2.17.